The third kappa shape index (κ3) is 1.18. The van der Waals surface area contributed by atoms with Crippen LogP contribution in [0.3, 0.4) is 0 Å². The minimum absolute atomic E-state index is 0.0509. The van der Waals surface area contributed by atoms with Crippen molar-refractivity contribution in [3.63, 3.8) is 0 Å². The van der Waals surface area contributed by atoms with Crippen LogP contribution in [-0.4, -0.2) is 5.11 Å². The average Bonchev–Trinajstić information content (AvgIpc) is 3.08. The fourth-order valence-corrected chi connectivity index (χ4v) is 1.94. The van der Waals surface area contributed by atoms with Gasteiger partial charge in [0, 0.05) is 5.54 Å². The van der Waals surface area contributed by atoms with Crippen LogP contribution in [0, 0.1) is 0 Å². The lowest BCUT2D eigenvalue weighted by Crippen LogP contribution is -2.18. The molecule has 74 valence electrons. The van der Waals surface area contributed by atoms with Crippen LogP contribution < -0.4 is 5.73 Å². The fourth-order valence-electron chi connectivity index (χ4n) is 1.94. The van der Waals surface area contributed by atoms with Gasteiger partial charge in [-0.15, -0.1) is 0 Å². The Labute approximate surface area is 83.7 Å². The van der Waals surface area contributed by atoms with Gasteiger partial charge in [-0.05, 0) is 36.8 Å². The molecule has 3 rings (SSSR count). The molecule has 2 aliphatic carbocycles. The Kier molecular flexibility index (Phi) is 1.44. The summed E-state index contributed by atoms with van der Waals surface area (Å²) in [4.78, 5) is 0. The van der Waals surface area contributed by atoms with Crippen molar-refractivity contribution < 1.29 is 5.11 Å². The van der Waals surface area contributed by atoms with Crippen molar-refractivity contribution >= 4 is 0 Å². The second-order valence-electron chi connectivity index (χ2n) is 4.77. The Balaban J connectivity index is 1.91. The minimum Gasteiger partial charge on any atom is -0.385 e. The predicted octanol–water partition coefficient (Wildman–Crippen LogP) is 1.62. The van der Waals surface area contributed by atoms with Crippen molar-refractivity contribution in [3.05, 3.63) is 35.4 Å². The van der Waals surface area contributed by atoms with Gasteiger partial charge in [0.1, 0.15) is 0 Å². The summed E-state index contributed by atoms with van der Waals surface area (Å²) in [7, 11) is 0. The Morgan fingerprint density at radius 3 is 1.86 bits per heavy atom. The summed E-state index contributed by atoms with van der Waals surface area (Å²) in [6.07, 6.45) is 3.99. The molecule has 0 radical (unpaired) electrons. The van der Waals surface area contributed by atoms with Gasteiger partial charge in [-0.25, -0.2) is 0 Å². The molecular formula is C12H15NO. The van der Waals surface area contributed by atoms with E-state index in [1.807, 2.05) is 12.1 Å². The van der Waals surface area contributed by atoms with Gasteiger partial charge in [-0.3, -0.25) is 0 Å². The van der Waals surface area contributed by atoms with Crippen molar-refractivity contribution in [3.8, 4) is 0 Å². The monoisotopic (exact) mass is 189 g/mol. The summed E-state index contributed by atoms with van der Waals surface area (Å²) in [5.74, 6) is 0. The third-order valence-electron chi connectivity index (χ3n) is 3.51. The van der Waals surface area contributed by atoms with Gasteiger partial charge in [0.2, 0.25) is 0 Å². The lowest BCUT2D eigenvalue weighted by molar-refractivity contribution is 0.151. The molecule has 0 heterocycles. The molecule has 0 amide bonds. The van der Waals surface area contributed by atoms with Crippen molar-refractivity contribution in [2.75, 3.05) is 0 Å². The van der Waals surface area contributed by atoms with Gasteiger partial charge < -0.3 is 10.8 Å². The zero-order valence-corrected chi connectivity index (χ0v) is 8.16. The number of hydrogen-bond acceptors (Lipinski definition) is 2. The van der Waals surface area contributed by atoms with E-state index in [1.165, 1.54) is 5.56 Å². The zero-order chi connectivity index (χ0) is 9.81. The number of nitrogens with two attached hydrogens (primary N) is 1. The van der Waals surface area contributed by atoms with Crippen molar-refractivity contribution in [2.24, 2.45) is 5.73 Å². The molecule has 14 heavy (non-hydrogen) atoms. The highest BCUT2D eigenvalue weighted by Gasteiger charge is 2.43. The van der Waals surface area contributed by atoms with E-state index >= 15 is 0 Å². The minimum atomic E-state index is -0.510. The normalized spacial score (nSPS) is 25.9. The first kappa shape index (κ1) is 8.45. The molecule has 2 aliphatic rings. The molecule has 0 bridgehead atoms. The molecule has 0 saturated heterocycles. The van der Waals surface area contributed by atoms with Gasteiger partial charge in [-0.1, -0.05) is 24.3 Å². The van der Waals surface area contributed by atoms with Crippen molar-refractivity contribution in [1.82, 2.24) is 0 Å². The molecule has 2 heteroatoms. The van der Waals surface area contributed by atoms with Crippen molar-refractivity contribution in [2.45, 2.75) is 36.8 Å². The van der Waals surface area contributed by atoms with E-state index in [2.05, 4.69) is 12.1 Å². The highest BCUT2D eigenvalue weighted by atomic mass is 16.3. The first-order valence-corrected chi connectivity index (χ1v) is 5.25. The maximum Gasteiger partial charge on any atom is 0.0899 e. The highest BCUT2D eigenvalue weighted by molar-refractivity contribution is 5.36. The van der Waals surface area contributed by atoms with Crippen LogP contribution in [0.25, 0.3) is 0 Å². The van der Waals surface area contributed by atoms with Crippen LogP contribution in [0.2, 0.25) is 0 Å². The molecule has 0 atom stereocenters. The number of benzene rings is 1. The van der Waals surface area contributed by atoms with E-state index in [1.54, 1.807) is 0 Å². The SMILES string of the molecule is NC1(c2ccc(C3(O)CC3)cc2)CC1. The molecule has 2 saturated carbocycles. The maximum absolute atomic E-state index is 9.88. The average molecular weight is 189 g/mol. The van der Waals surface area contributed by atoms with Crippen LogP contribution in [-0.2, 0) is 11.1 Å². The Hall–Kier alpha value is -0.860. The van der Waals surface area contributed by atoms with E-state index in [9.17, 15) is 5.11 Å². The molecule has 0 spiro atoms. The quantitative estimate of drug-likeness (QED) is 0.742. The van der Waals surface area contributed by atoms with E-state index in [0.29, 0.717) is 0 Å². The predicted molar refractivity (Wildman–Crippen MR) is 54.7 cm³/mol. The second kappa shape index (κ2) is 2.38. The molecule has 0 unspecified atom stereocenters. The number of aliphatic hydroxyl groups is 1. The van der Waals surface area contributed by atoms with Crippen LogP contribution in [0.4, 0.5) is 0 Å². The van der Waals surface area contributed by atoms with Crippen LogP contribution in [0.1, 0.15) is 36.8 Å². The second-order valence-corrected chi connectivity index (χ2v) is 4.77. The first-order chi connectivity index (χ1) is 6.62. The highest BCUT2D eigenvalue weighted by Crippen LogP contribution is 2.47. The van der Waals surface area contributed by atoms with Crippen LogP contribution in [0.15, 0.2) is 24.3 Å². The Morgan fingerprint density at radius 2 is 1.43 bits per heavy atom. The zero-order valence-electron chi connectivity index (χ0n) is 8.16. The molecule has 1 aromatic carbocycles. The summed E-state index contributed by atoms with van der Waals surface area (Å²) < 4.78 is 0. The number of rotatable bonds is 2. The van der Waals surface area contributed by atoms with E-state index in [4.69, 9.17) is 5.73 Å². The van der Waals surface area contributed by atoms with Crippen molar-refractivity contribution in [1.29, 1.82) is 0 Å². The van der Waals surface area contributed by atoms with Gasteiger partial charge in [0.15, 0.2) is 0 Å². The van der Waals surface area contributed by atoms with Gasteiger partial charge >= 0.3 is 0 Å². The Morgan fingerprint density at radius 1 is 0.929 bits per heavy atom. The molecule has 0 aliphatic heterocycles. The Bertz CT molecular complexity index is 323. The fraction of sp³-hybridized carbons (Fsp3) is 0.500. The van der Waals surface area contributed by atoms with E-state index in [0.717, 1.165) is 31.2 Å². The molecular weight excluding hydrogens is 174 g/mol. The van der Waals surface area contributed by atoms with Gasteiger partial charge in [0.05, 0.1) is 5.60 Å². The van der Waals surface area contributed by atoms with E-state index in [-0.39, 0.29) is 5.54 Å². The molecule has 3 N–H and O–H groups in total. The number of hydrogen-bond donors (Lipinski definition) is 2. The van der Waals surface area contributed by atoms with Gasteiger partial charge in [0.25, 0.3) is 0 Å². The summed E-state index contributed by atoms with van der Waals surface area (Å²) in [6.45, 7) is 0. The summed E-state index contributed by atoms with van der Waals surface area (Å²) in [5, 5.41) is 9.88. The molecule has 1 aromatic rings. The third-order valence-corrected chi connectivity index (χ3v) is 3.51. The topological polar surface area (TPSA) is 46.2 Å². The molecule has 0 aromatic heterocycles. The van der Waals surface area contributed by atoms with Crippen LogP contribution >= 0.6 is 0 Å². The first-order valence-electron chi connectivity index (χ1n) is 5.25. The lowest BCUT2D eigenvalue weighted by Gasteiger charge is -2.12. The van der Waals surface area contributed by atoms with Gasteiger partial charge in [-0.2, -0.15) is 0 Å². The summed E-state index contributed by atoms with van der Waals surface area (Å²) >= 11 is 0. The smallest absolute Gasteiger partial charge is 0.0899 e. The summed E-state index contributed by atoms with van der Waals surface area (Å²) in [6, 6.07) is 8.18. The standard InChI is InChI=1S/C12H15NO/c13-11(5-6-11)9-1-3-10(4-2-9)12(14)7-8-12/h1-4,14H,5-8,13H2. The molecule has 2 fully saturated rings. The lowest BCUT2D eigenvalue weighted by atomic mass is 10.0. The van der Waals surface area contributed by atoms with Crippen LogP contribution in [0.5, 0.6) is 0 Å². The molecule has 2 nitrogen and oxygen atoms in total. The van der Waals surface area contributed by atoms with E-state index < -0.39 is 5.60 Å². The maximum atomic E-state index is 9.88. The largest absolute Gasteiger partial charge is 0.385 e. The summed E-state index contributed by atoms with van der Waals surface area (Å²) in [5.41, 5.74) is 7.78.